The third-order valence-corrected chi connectivity index (χ3v) is 9.12. The van der Waals surface area contributed by atoms with E-state index in [9.17, 15) is 18.3 Å². The van der Waals surface area contributed by atoms with Crippen LogP contribution < -0.4 is 4.74 Å². The van der Waals surface area contributed by atoms with Crippen LogP contribution in [0, 0.1) is 5.92 Å². The Morgan fingerprint density at radius 1 is 1.07 bits per heavy atom. The van der Waals surface area contributed by atoms with Crippen molar-refractivity contribution in [2.45, 2.75) is 37.4 Å². The summed E-state index contributed by atoms with van der Waals surface area (Å²) in [7, 11) is -1.97. The molecule has 0 radical (unpaired) electrons. The van der Waals surface area contributed by atoms with Gasteiger partial charge in [-0.2, -0.15) is 4.31 Å². The first-order valence-corrected chi connectivity index (χ1v) is 14.7. The van der Waals surface area contributed by atoms with E-state index in [1.165, 1.54) is 4.31 Å². The van der Waals surface area contributed by atoms with Crippen molar-refractivity contribution in [2.24, 2.45) is 5.92 Å². The van der Waals surface area contributed by atoms with Crippen molar-refractivity contribution < 1.29 is 28.2 Å². The van der Waals surface area contributed by atoms with Crippen LogP contribution in [0.1, 0.15) is 40.9 Å². The standard InChI is InChI=1S/C31H36N2O6S/c1-22-18-33(23(2)21-34)40(37,38)30-16-13-25(10-9-24-7-5-4-6-8-24)17-28(30)39-29(22)20-32(3)19-26-11-14-27(15-12-26)31(35)36/h4-17,22-23,29,34H,18-21H2,1-3H3,(H,35,36)/b10-9+/t22-,23-,29-/m1/s1. The lowest BCUT2D eigenvalue weighted by molar-refractivity contribution is 0.0697. The maximum absolute atomic E-state index is 13.7. The molecule has 8 nitrogen and oxygen atoms in total. The molecule has 3 atom stereocenters. The average molecular weight is 565 g/mol. The van der Waals surface area contributed by atoms with Crippen molar-refractivity contribution >= 4 is 28.1 Å². The molecular formula is C31H36N2O6S. The van der Waals surface area contributed by atoms with E-state index in [0.29, 0.717) is 13.1 Å². The smallest absolute Gasteiger partial charge is 0.335 e. The number of hydrogen-bond donors (Lipinski definition) is 2. The van der Waals surface area contributed by atoms with Crippen LogP contribution in [0.15, 0.2) is 77.7 Å². The number of carboxylic acids is 1. The van der Waals surface area contributed by atoms with Crippen molar-refractivity contribution in [3.05, 3.63) is 95.1 Å². The zero-order chi connectivity index (χ0) is 28.9. The second-order valence-corrected chi connectivity index (χ2v) is 12.2. The first-order valence-electron chi connectivity index (χ1n) is 13.3. The summed E-state index contributed by atoms with van der Waals surface area (Å²) in [6, 6.07) is 21.1. The molecule has 1 aliphatic rings. The number of rotatable bonds is 9. The fourth-order valence-corrected chi connectivity index (χ4v) is 6.58. The second-order valence-electron chi connectivity index (χ2n) is 10.4. The number of nitrogens with zero attached hydrogens (tertiary/aromatic N) is 2. The Kier molecular flexibility index (Phi) is 9.42. The van der Waals surface area contributed by atoms with E-state index in [-0.39, 0.29) is 41.4 Å². The van der Waals surface area contributed by atoms with Gasteiger partial charge < -0.3 is 14.9 Å². The molecular weight excluding hydrogens is 528 g/mol. The predicted molar refractivity (Wildman–Crippen MR) is 156 cm³/mol. The molecule has 40 heavy (non-hydrogen) atoms. The van der Waals surface area contributed by atoms with Crippen molar-refractivity contribution in [3.8, 4) is 5.75 Å². The zero-order valence-corrected chi connectivity index (χ0v) is 23.8. The molecule has 0 amide bonds. The summed E-state index contributed by atoms with van der Waals surface area (Å²) in [6.07, 6.45) is 3.53. The largest absolute Gasteiger partial charge is 0.487 e. The monoisotopic (exact) mass is 564 g/mol. The molecule has 0 aromatic heterocycles. The molecule has 0 aliphatic carbocycles. The minimum atomic E-state index is -3.92. The SMILES string of the molecule is C[C@@H]1CN([C@H](C)CO)S(=O)(=O)c2ccc(/C=C/c3ccccc3)cc2O[C@@H]1CN(C)Cc1ccc(C(=O)O)cc1. The summed E-state index contributed by atoms with van der Waals surface area (Å²) < 4.78 is 35.3. The van der Waals surface area contributed by atoms with E-state index in [1.54, 1.807) is 49.4 Å². The van der Waals surface area contributed by atoms with E-state index >= 15 is 0 Å². The molecule has 1 heterocycles. The lowest BCUT2D eigenvalue weighted by atomic mass is 10.0. The van der Waals surface area contributed by atoms with Gasteiger partial charge in [-0.3, -0.25) is 4.90 Å². The van der Waals surface area contributed by atoms with Crippen LogP contribution in [-0.4, -0.2) is 72.7 Å². The summed E-state index contributed by atoms with van der Waals surface area (Å²) in [5.74, 6) is -0.872. The molecule has 0 spiro atoms. The number of aromatic carboxylic acids is 1. The predicted octanol–water partition coefficient (Wildman–Crippen LogP) is 4.46. The molecule has 0 unspecified atom stereocenters. The van der Waals surface area contributed by atoms with Crippen LogP contribution in [0.3, 0.4) is 0 Å². The number of aliphatic hydroxyl groups excluding tert-OH is 1. The van der Waals surface area contributed by atoms with Gasteiger partial charge in [-0.25, -0.2) is 13.2 Å². The molecule has 3 aromatic rings. The zero-order valence-electron chi connectivity index (χ0n) is 23.0. The Bertz CT molecular complexity index is 1440. The Hall–Kier alpha value is -3.50. The number of hydrogen-bond acceptors (Lipinski definition) is 6. The number of aliphatic hydroxyl groups is 1. The van der Waals surface area contributed by atoms with Crippen molar-refractivity contribution in [1.82, 2.24) is 9.21 Å². The minimum Gasteiger partial charge on any atom is -0.487 e. The third kappa shape index (κ3) is 6.98. The number of carbonyl (C=O) groups is 1. The van der Waals surface area contributed by atoms with E-state index in [1.807, 2.05) is 56.5 Å². The first kappa shape index (κ1) is 29.5. The van der Waals surface area contributed by atoms with Gasteiger partial charge in [0.05, 0.1) is 12.2 Å². The van der Waals surface area contributed by atoms with Crippen LogP contribution in [0.25, 0.3) is 12.2 Å². The number of likely N-dealkylation sites (N-methyl/N-ethyl adjacent to an activating group) is 1. The summed E-state index contributed by atoms with van der Waals surface area (Å²) in [5, 5.41) is 19.0. The molecule has 2 N–H and O–H groups in total. The summed E-state index contributed by atoms with van der Waals surface area (Å²) in [6.45, 7) is 4.63. The molecule has 9 heteroatoms. The van der Waals surface area contributed by atoms with Gasteiger partial charge in [-0.1, -0.05) is 67.6 Å². The van der Waals surface area contributed by atoms with Gasteiger partial charge in [0, 0.05) is 31.6 Å². The highest BCUT2D eigenvalue weighted by Gasteiger charge is 2.38. The third-order valence-electron chi connectivity index (χ3n) is 7.10. The molecule has 3 aromatic carbocycles. The highest BCUT2D eigenvalue weighted by Crippen LogP contribution is 2.34. The van der Waals surface area contributed by atoms with E-state index in [4.69, 9.17) is 9.84 Å². The number of sulfonamides is 1. The minimum absolute atomic E-state index is 0.0773. The first-order chi connectivity index (χ1) is 19.1. The van der Waals surface area contributed by atoms with Gasteiger partial charge in [-0.15, -0.1) is 0 Å². The molecule has 0 saturated carbocycles. The highest BCUT2D eigenvalue weighted by molar-refractivity contribution is 7.89. The van der Waals surface area contributed by atoms with Gasteiger partial charge in [0.15, 0.2) is 0 Å². The Balaban J connectivity index is 1.64. The normalized spacial score (nSPS) is 19.9. The number of carboxylic acid groups (broad SMARTS) is 1. The quantitative estimate of drug-likeness (QED) is 0.370. The Morgan fingerprint density at radius 2 is 1.75 bits per heavy atom. The second kappa shape index (κ2) is 12.8. The van der Waals surface area contributed by atoms with Gasteiger partial charge in [0.1, 0.15) is 16.7 Å². The molecule has 0 bridgehead atoms. The number of ether oxygens (including phenoxy) is 1. The van der Waals surface area contributed by atoms with E-state index < -0.39 is 22.0 Å². The molecule has 4 rings (SSSR count). The van der Waals surface area contributed by atoms with Crippen molar-refractivity contribution in [3.63, 3.8) is 0 Å². The highest BCUT2D eigenvalue weighted by atomic mass is 32.2. The number of fused-ring (bicyclic) bond motifs is 1. The fraction of sp³-hybridized carbons (Fsp3) is 0.323. The van der Waals surface area contributed by atoms with Gasteiger partial charge >= 0.3 is 5.97 Å². The Labute approximate surface area is 236 Å². The maximum atomic E-state index is 13.7. The molecule has 1 aliphatic heterocycles. The Morgan fingerprint density at radius 3 is 2.40 bits per heavy atom. The van der Waals surface area contributed by atoms with Crippen LogP contribution >= 0.6 is 0 Å². The van der Waals surface area contributed by atoms with Crippen LogP contribution in [0.5, 0.6) is 5.75 Å². The average Bonchev–Trinajstić information content (AvgIpc) is 2.94. The van der Waals surface area contributed by atoms with Gasteiger partial charge in [-0.05, 0) is 54.9 Å². The molecule has 0 saturated heterocycles. The lowest BCUT2D eigenvalue weighted by Crippen LogP contribution is -2.49. The summed E-state index contributed by atoms with van der Waals surface area (Å²) in [4.78, 5) is 13.3. The number of benzene rings is 3. The van der Waals surface area contributed by atoms with Crippen LogP contribution in [-0.2, 0) is 16.6 Å². The van der Waals surface area contributed by atoms with Crippen molar-refractivity contribution in [2.75, 3.05) is 26.7 Å². The van der Waals surface area contributed by atoms with E-state index in [0.717, 1.165) is 16.7 Å². The molecule has 0 fully saturated rings. The van der Waals surface area contributed by atoms with Crippen LogP contribution in [0.2, 0.25) is 0 Å². The molecule has 212 valence electrons. The lowest BCUT2D eigenvalue weighted by Gasteiger charge is -2.37. The van der Waals surface area contributed by atoms with E-state index in [2.05, 4.69) is 4.90 Å². The summed E-state index contributed by atoms with van der Waals surface area (Å²) in [5.41, 5.74) is 3.02. The van der Waals surface area contributed by atoms with Gasteiger partial charge in [0.2, 0.25) is 10.0 Å². The summed E-state index contributed by atoms with van der Waals surface area (Å²) >= 11 is 0. The van der Waals surface area contributed by atoms with Gasteiger partial charge in [0.25, 0.3) is 0 Å². The topological polar surface area (TPSA) is 107 Å². The maximum Gasteiger partial charge on any atom is 0.335 e. The van der Waals surface area contributed by atoms with Crippen molar-refractivity contribution in [1.29, 1.82) is 0 Å². The fourth-order valence-electron chi connectivity index (χ4n) is 4.76. The van der Waals surface area contributed by atoms with Crippen LogP contribution in [0.4, 0.5) is 0 Å².